The van der Waals surface area contributed by atoms with Gasteiger partial charge in [-0.05, 0) is 58.4 Å². The van der Waals surface area contributed by atoms with E-state index in [1.54, 1.807) is 30.3 Å². The molecule has 102 valence electrons. The van der Waals surface area contributed by atoms with Crippen LogP contribution in [-0.4, -0.2) is 16.0 Å². The highest BCUT2D eigenvalue weighted by molar-refractivity contribution is 9.10. The first-order valence-corrected chi connectivity index (χ1v) is 6.87. The molecule has 2 aromatic carbocycles. The minimum atomic E-state index is -0.270. The van der Waals surface area contributed by atoms with Crippen LogP contribution in [-0.2, 0) is 0 Å². The zero-order valence-electron chi connectivity index (χ0n) is 10.3. The topological polar surface area (TPSA) is 75.3 Å². The molecule has 0 aliphatic carbocycles. The SMILES string of the molecule is NC(=S)c1ccc(NC(=O)c2ccc(O)cc2)c(Br)c1. The number of carbonyl (C=O) groups is 1. The molecule has 0 radical (unpaired) electrons. The number of rotatable bonds is 3. The lowest BCUT2D eigenvalue weighted by Gasteiger charge is -2.09. The molecular weight excluding hydrogens is 340 g/mol. The van der Waals surface area contributed by atoms with Crippen LogP contribution in [0, 0.1) is 0 Å². The average Bonchev–Trinajstić information content (AvgIpc) is 2.41. The molecule has 2 aromatic rings. The van der Waals surface area contributed by atoms with E-state index in [0.29, 0.717) is 20.7 Å². The molecule has 0 atom stereocenters. The Labute approximate surface area is 129 Å². The molecule has 20 heavy (non-hydrogen) atoms. The Bertz CT molecular complexity index is 671. The van der Waals surface area contributed by atoms with Crippen LogP contribution in [0.25, 0.3) is 0 Å². The number of nitrogens with one attached hydrogen (secondary N) is 1. The first kappa shape index (κ1) is 14.5. The van der Waals surface area contributed by atoms with E-state index in [9.17, 15) is 9.90 Å². The van der Waals surface area contributed by atoms with Crippen LogP contribution < -0.4 is 11.1 Å². The predicted molar refractivity (Wildman–Crippen MR) is 86.1 cm³/mol. The van der Waals surface area contributed by atoms with Gasteiger partial charge in [-0.3, -0.25) is 4.79 Å². The summed E-state index contributed by atoms with van der Waals surface area (Å²) in [6, 6.07) is 11.2. The summed E-state index contributed by atoms with van der Waals surface area (Å²) in [4.78, 5) is 12.3. The summed E-state index contributed by atoms with van der Waals surface area (Å²) >= 11 is 8.25. The van der Waals surface area contributed by atoms with Gasteiger partial charge in [-0.2, -0.15) is 0 Å². The van der Waals surface area contributed by atoms with Crippen molar-refractivity contribution in [1.82, 2.24) is 0 Å². The van der Waals surface area contributed by atoms with Gasteiger partial charge in [-0.15, -0.1) is 0 Å². The van der Waals surface area contributed by atoms with Crippen LogP contribution >= 0.6 is 28.1 Å². The predicted octanol–water partition coefficient (Wildman–Crippen LogP) is 3.04. The number of thiocarbonyl (C=S) groups is 1. The standard InChI is InChI=1S/C14H11BrN2O2S/c15-11-7-9(13(16)20)3-6-12(11)17-14(19)8-1-4-10(18)5-2-8/h1-7,18H,(H2,16,20)(H,17,19). The van der Waals surface area contributed by atoms with Gasteiger partial charge < -0.3 is 16.2 Å². The molecule has 0 spiro atoms. The van der Waals surface area contributed by atoms with E-state index >= 15 is 0 Å². The quantitative estimate of drug-likeness (QED) is 0.743. The van der Waals surface area contributed by atoms with Crippen LogP contribution in [0.4, 0.5) is 5.69 Å². The molecule has 0 fully saturated rings. The van der Waals surface area contributed by atoms with Crippen molar-refractivity contribution >= 4 is 44.7 Å². The van der Waals surface area contributed by atoms with Crippen molar-refractivity contribution in [2.45, 2.75) is 0 Å². The smallest absolute Gasteiger partial charge is 0.255 e. The zero-order valence-corrected chi connectivity index (χ0v) is 12.7. The molecule has 0 aromatic heterocycles. The van der Waals surface area contributed by atoms with E-state index in [1.807, 2.05) is 0 Å². The van der Waals surface area contributed by atoms with Crippen LogP contribution in [0.15, 0.2) is 46.9 Å². The highest BCUT2D eigenvalue weighted by atomic mass is 79.9. The molecule has 0 bridgehead atoms. The largest absolute Gasteiger partial charge is 0.508 e. The molecular formula is C14H11BrN2O2S. The van der Waals surface area contributed by atoms with E-state index in [4.69, 9.17) is 18.0 Å². The van der Waals surface area contributed by atoms with Crippen molar-refractivity contribution in [3.63, 3.8) is 0 Å². The summed E-state index contributed by atoms with van der Waals surface area (Å²) in [7, 11) is 0. The van der Waals surface area contributed by atoms with Crippen LogP contribution in [0.2, 0.25) is 0 Å². The number of nitrogens with two attached hydrogens (primary N) is 1. The molecule has 6 heteroatoms. The van der Waals surface area contributed by atoms with Gasteiger partial charge in [0, 0.05) is 15.6 Å². The van der Waals surface area contributed by atoms with Crippen molar-refractivity contribution in [1.29, 1.82) is 0 Å². The maximum Gasteiger partial charge on any atom is 0.255 e. The van der Waals surface area contributed by atoms with Crippen LogP contribution in [0.3, 0.4) is 0 Å². The normalized spacial score (nSPS) is 10.1. The molecule has 1 amide bonds. The van der Waals surface area contributed by atoms with Crippen molar-refractivity contribution < 1.29 is 9.90 Å². The Morgan fingerprint density at radius 3 is 2.30 bits per heavy atom. The van der Waals surface area contributed by atoms with E-state index < -0.39 is 0 Å². The van der Waals surface area contributed by atoms with Crippen LogP contribution in [0.5, 0.6) is 5.75 Å². The summed E-state index contributed by atoms with van der Waals surface area (Å²) in [5.74, 6) is -0.155. The molecule has 0 heterocycles. The van der Waals surface area contributed by atoms with Gasteiger partial charge in [0.2, 0.25) is 0 Å². The number of anilines is 1. The Morgan fingerprint density at radius 2 is 1.75 bits per heavy atom. The van der Waals surface area contributed by atoms with E-state index in [-0.39, 0.29) is 11.7 Å². The molecule has 4 nitrogen and oxygen atoms in total. The monoisotopic (exact) mass is 350 g/mol. The third-order valence-electron chi connectivity index (χ3n) is 2.63. The maximum absolute atomic E-state index is 12.0. The number of hydrogen-bond acceptors (Lipinski definition) is 3. The fourth-order valence-corrected chi connectivity index (χ4v) is 2.18. The van der Waals surface area contributed by atoms with E-state index in [1.165, 1.54) is 12.1 Å². The number of phenolic OH excluding ortho intramolecular Hbond substituents is 1. The number of hydrogen-bond donors (Lipinski definition) is 3. The summed E-state index contributed by atoms with van der Waals surface area (Å²) in [6.07, 6.45) is 0. The number of amides is 1. The second kappa shape index (κ2) is 6.02. The molecule has 0 aliphatic heterocycles. The average molecular weight is 351 g/mol. The molecule has 0 aliphatic rings. The Hall–Kier alpha value is -1.92. The third kappa shape index (κ3) is 3.34. The fraction of sp³-hybridized carbons (Fsp3) is 0. The number of aromatic hydroxyl groups is 1. The lowest BCUT2D eigenvalue weighted by atomic mass is 10.1. The summed E-state index contributed by atoms with van der Waals surface area (Å²) in [5.41, 5.74) is 7.32. The minimum absolute atomic E-state index is 0.114. The van der Waals surface area contributed by atoms with E-state index in [2.05, 4.69) is 21.2 Å². The van der Waals surface area contributed by atoms with Gasteiger partial charge in [-0.1, -0.05) is 12.2 Å². The summed E-state index contributed by atoms with van der Waals surface area (Å²) in [6.45, 7) is 0. The molecule has 0 unspecified atom stereocenters. The van der Waals surface area contributed by atoms with Crippen molar-refractivity contribution in [2.24, 2.45) is 5.73 Å². The molecule has 0 saturated heterocycles. The fourth-order valence-electron chi connectivity index (χ4n) is 1.58. The number of phenols is 1. The van der Waals surface area contributed by atoms with Gasteiger partial charge in [0.25, 0.3) is 5.91 Å². The lowest BCUT2D eigenvalue weighted by Crippen LogP contribution is -2.13. The zero-order chi connectivity index (χ0) is 14.7. The lowest BCUT2D eigenvalue weighted by molar-refractivity contribution is 0.102. The molecule has 2 rings (SSSR count). The highest BCUT2D eigenvalue weighted by Gasteiger charge is 2.09. The second-order valence-electron chi connectivity index (χ2n) is 4.06. The van der Waals surface area contributed by atoms with Gasteiger partial charge >= 0.3 is 0 Å². The van der Waals surface area contributed by atoms with Gasteiger partial charge in [0.15, 0.2) is 0 Å². The first-order chi connectivity index (χ1) is 9.47. The second-order valence-corrected chi connectivity index (χ2v) is 5.35. The Balaban J connectivity index is 2.19. The van der Waals surface area contributed by atoms with Gasteiger partial charge in [0.05, 0.1) is 5.69 Å². The summed E-state index contributed by atoms with van der Waals surface area (Å²) in [5, 5.41) is 12.0. The van der Waals surface area contributed by atoms with Gasteiger partial charge in [0.1, 0.15) is 10.7 Å². The number of benzene rings is 2. The van der Waals surface area contributed by atoms with Gasteiger partial charge in [-0.25, -0.2) is 0 Å². The number of carbonyl (C=O) groups excluding carboxylic acids is 1. The van der Waals surface area contributed by atoms with Crippen molar-refractivity contribution in [3.05, 3.63) is 58.1 Å². The van der Waals surface area contributed by atoms with Crippen molar-refractivity contribution in [2.75, 3.05) is 5.32 Å². The Kier molecular flexibility index (Phi) is 4.36. The molecule has 0 saturated carbocycles. The highest BCUT2D eigenvalue weighted by Crippen LogP contribution is 2.24. The first-order valence-electron chi connectivity index (χ1n) is 5.67. The van der Waals surface area contributed by atoms with E-state index in [0.717, 1.165) is 5.56 Å². The van der Waals surface area contributed by atoms with Crippen molar-refractivity contribution in [3.8, 4) is 5.75 Å². The summed E-state index contributed by atoms with van der Waals surface area (Å²) < 4.78 is 0.690. The number of halogens is 1. The third-order valence-corrected chi connectivity index (χ3v) is 3.52. The van der Waals surface area contributed by atoms with Crippen LogP contribution in [0.1, 0.15) is 15.9 Å². The minimum Gasteiger partial charge on any atom is -0.508 e. The maximum atomic E-state index is 12.0. The molecule has 4 N–H and O–H groups in total. The Morgan fingerprint density at radius 1 is 1.15 bits per heavy atom.